The lowest BCUT2D eigenvalue weighted by Crippen LogP contribution is -2.32. The van der Waals surface area contributed by atoms with E-state index in [0.29, 0.717) is 5.56 Å². The third kappa shape index (κ3) is 4.25. The van der Waals surface area contributed by atoms with Crippen LogP contribution in [0.2, 0.25) is 0 Å². The predicted molar refractivity (Wildman–Crippen MR) is 109 cm³/mol. The molecule has 0 saturated heterocycles. The summed E-state index contributed by atoms with van der Waals surface area (Å²) >= 11 is 1.59. The van der Waals surface area contributed by atoms with Crippen molar-refractivity contribution in [3.63, 3.8) is 0 Å². The summed E-state index contributed by atoms with van der Waals surface area (Å²) in [7, 11) is 0. The Labute approximate surface area is 159 Å². The standard InChI is InChI=1S/C22H24N2OS/c1-4-15(3)23-22(25)19-14-21(24-20-9-7-6-8-18(19)20)26-17-12-10-16(5-2)11-13-17/h6-15H,4-5H2,1-3H3,(H,23,25)/t15-/m0/s1. The van der Waals surface area contributed by atoms with Gasteiger partial charge in [0.05, 0.1) is 11.1 Å². The number of fused-ring (bicyclic) bond motifs is 1. The highest BCUT2D eigenvalue weighted by Gasteiger charge is 2.15. The number of hydrogen-bond acceptors (Lipinski definition) is 3. The third-order valence-electron chi connectivity index (χ3n) is 4.48. The number of hydrogen-bond donors (Lipinski definition) is 1. The average Bonchev–Trinajstić information content (AvgIpc) is 2.67. The highest BCUT2D eigenvalue weighted by Crippen LogP contribution is 2.30. The van der Waals surface area contributed by atoms with Gasteiger partial charge < -0.3 is 5.32 Å². The number of carbonyl (C=O) groups excluding carboxylic acids is 1. The molecule has 4 heteroatoms. The largest absolute Gasteiger partial charge is 0.350 e. The van der Waals surface area contributed by atoms with Crippen LogP contribution in [-0.4, -0.2) is 16.9 Å². The van der Waals surface area contributed by atoms with Crippen LogP contribution in [0.5, 0.6) is 0 Å². The van der Waals surface area contributed by atoms with Gasteiger partial charge in [-0.15, -0.1) is 0 Å². The molecule has 0 spiro atoms. The molecule has 0 radical (unpaired) electrons. The topological polar surface area (TPSA) is 42.0 Å². The van der Waals surface area contributed by atoms with Crippen molar-refractivity contribution in [3.8, 4) is 0 Å². The van der Waals surface area contributed by atoms with Crippen LogP contribution in [-0.2, 0) is 6.42 Å². The molecule has 1 aromatic heterocycles. The quantitative estimate of drug-likeness (QED) is 0.630. The van der Waals surface area contributed by atoms with Crippen molar-refractivity contribution >= 4 is 28.6 Å². The van der Waals surface area contributed by atoms with Gasteiger partial charge in [-0.1, -0.05) is 55.9 Å². The van der Waals surface area contributed by atoms with Gasteiger partial charge in [0, 0.05) is 16.3 Å². The first-order valence-electron chi connectivity index (χ1n) is 9.08. The Balaban J connectivity index is 1.96. The highest BCUT2D eigenvalue weighted by molar-refractivity contribution is 7.99. The van der Waals surface area contributed by atoms with Gasteiger partial charge >= 0.3 is 0 Å². The molecule has 3 aromatic rings. The summed E-state index contributed by atoms with van der Waals surface area (Å²) in [5, 5.41) is 4.79. The first-order chi connectivity index (χ1) is 12.6. The zero-order valence-electron chi connectivity index (χ0n) is 15.5. The van der Waals surface area contributed by atoms with E-state index in [4.69, 9.17) is 4.98 Å². The molecule has 2 aromatic carbocycles. The summed E-state index contributed by atoms with van der Waals surface area (Å²) in [5.41, 5.74) is 2.84. The van der Waals surface area contributed by atoms with E-state index in [0.717, 1.165) is 33.7 Å². The summed E-state index contributed by atoms with van der Waals surface area (Å²) in [6.07, 6.45) is 1.93. The number of rotatable bonds is 6. The predicted octanol–water partition coefficient (Wildman–Crippen LogP) is 5.48. The fourth-order valence-corrected chi connectivity index (χ4v) is 3.54. The molecular weight excluding hydrogens is 340 g/mol. The smallest absolute Gasteiger partial charge is 0.252 e. The van der Waals surface area contributed by atoms with E-state index in [1.165, 1.54) is 5.56 Å². The minimum atomic E-state index is -0.0406. The van der Waals surface area contributed by atoms with Gasteiger partial charge in [0.2, 0.25) is 0 Å². The maximum absolute atomic E-state index is 12.8. The van der Waals surface area contributed by atoms with E-state index in [1.54, 1.807) is 11.8 Å². The van der Waals surface area contributed by atoms with E-state index in [1.807, 2.05) is 37.3 Å². The average molecular weight is 365 g/mol. The van der Waals surface area contributed by atoms with Crippen molar-refractivity contribution in [2.75, 3.05) is 0 Å². The zero-order chi connectivity index (χ0) is 18.5. The van der Waals surface area contributed by atoms with Crippen molar-refractivity contribution < 1.29 is 4.79 Å². The number of nitrogens with one attached hydrogen (secondary N) is 1. The molecule has 3 rings (SSSR count). The first kappa shape index (κ1) is 18.5. The van der Waals surface area contributed by atoms with Gasteiger partial charge in [0.15, 0.2) is 0 Å². The minimum absolute atomic E-state index is 0.0406. The maximum Gasteiger partial charge on any atom is 0.252 e. The first-order valence-corrected chi connectivity index (χ1v) is 9.89. The van der Waals surface area contributed by atoms with E-state index in [2.05, 4.69) is 43.4 Å². The molecule has 26 heavy (non-hydrogen) atoms. The lowest BCUT2D eigenvalue weighted by molar-refractivity contribution is 0.0940. The summed E-state index contributed by atoms with van der Waals surface area (Å²) in [6.45, 7) is 6.23. The highest BCUT2D eigenvalue weighted by atomic mass is 32.2. The molecule has 0 aliphatic rings. The third-order valence-corrected chi connectivity index (χ3v) is 5.41. The molecule has 0 aliphatic carbocycles. The number of para-hydroxylation sites is 1. The number of pyridine rings is 1. The molecule has 134 valence electrons. The summed E-state index contributed by atoms with van der Waals surface area (Å²) in [6, 6.07) is 18.4. The van der Waals surface area contributed by atoms with Crippen molar-refractivity contribution in [1.82, 2.24) is 10.3 Å². The normalized spacial score (nSPS) is 12.1. The number of amides is 1. The van der Waals surface area contributed by atoms with Gasteiger partial charge in [0.1, 0.15) is 5.03 Å². The van der Waals surface area contributed by atoms with Crippen LogP contribution < -0.4 is 5.32 Å². The molecule has 0 fully saturated rings. The summed E-state index contributed by atoms with van der Waals surface area (Å²) in [5.74, 6) is -0.0406. The van der Waals surface area contributed by atoms with Gasteiger partial charge in [0.25, 0.3) is 5.91 Å². The fourth-order valence-electron chi connectivity index (χ4n) is 2.71. The molecular formula is C22H24N2OS. The van der Waals surface area contributed by atoms with E-state index < -0.39 is 0 Å². The lowest BCUT2D eigenvalue weighted by Gasteiger charge is -2.14. The van der Waals surface area contributed by atoms with Crippen molar-refractivity contribution in [2.24, 2.45) is 0 Å². The van der Waals surface area contributed by atoms with Gasteiger partial charge in [-0.3, -0.25) is 4.79 Å². The monoisotopic (exact) mass is 364 g/mol. The minimum Gasteiger partial charge on any atom is -0.350 e. The van der Waals surface area contributed by atoms with E-state index >= 15 is 0 Å². The number of aromatic nitrogens is 1. The van der Waals surface area contributed by atoms with Crippen LogP contribution in [0.4, 0.5) is 0 Å². The summed E-state index contributed by atoms with van der Waals surface area (Å²) < 4.78 is 0. The Bertz CT molecular complexity index is 906. The Hall–Kier alpha value is -2.33. The summed E-state index contributed by atoms with van der Waals surface area (Å²) in [4.78, 5) is 18.6. The SMILES string of the molecule is CCc1ccc(Sc2cc(C(=O)N[C@@H](C)CC)c3ccccc3n2)cc1. The van der Waals surface area contributed by atoms with Crippen LogP contribution in [0.1, 0.15) is 43.1 Å². The zero-order valence-corrected chi connectivity index (χ0v) is 16.3. The molecule has 1 heterocycles. The maximum atomic E-state index is 12.8. The van der Waals surface area contributed by atoms with Crippen LogP contribution >= 0.6 is 11.8 Å². The Morgan fingerprint density at radius 3 is 2.54 bits per heavy atom. The Morgan fingerprint density at radius 2 is 1.85 bits per heavy atom. The van der Waals surface area contributed by atoms with Crippen LogP contribution in [0, 0.1) is 0 Å². The van der Waals surface area contributed by atoms with Gasteiger partial charge in [-0.05, 0) is 49.6 Å². The second kappa shape index (κ2) is 8.37. The molecule has 1 N–H and O–H groups in total. The lowest BCUT2D eigenvalue weighted by atomic mass is 10.1. The van der Waals surface area contributed by atoms with E-state index in [-0.39, 0.29) is 11.9 Å². The van der Waals surface area contributed by atoms with Crippen molar-refractivity contribution in [1.29, 1.82) is 0 Å². The molecule has 0 bridgehead atoms. The Morgan fingerprint density at radius 1 is 1.12 bits per heavy atom. The van der Waals surface area contributed by atoms with Crippen molar-refractivity contribution in [2.45, 2.75) is 49.6 Å². The molecule has 3 nitrogen and oxygen atoms in total. The molecule has 0 aliphatic heterocycles. The number of aryl methyl sites for hydroxylation is 1. The molecule has 0 unspecified atom stereocenters. The number of nitrogens with zero attached hydrogens (tertiary/aromatic N) is 1. The van der Waals surface area contributed by atoms with Crippen LogP contribution in [0.3, 0.4) is 0 Å². The molecule has 1 atom stereocenters. The molecule has 0 saturated carbocycles. The number of benzene rings is 2. The van der Waals surface area contributed by atoms with Crippen LogP contribution in [0.15, 0.2) is 64.5 Å². The second-order valence-electron chi connectivity index (χ2n) is 6.41. The van der Waals surface area contributed by atoms with Gasteiger partial charge in [-0.25, -0.2) is 4.98 Å². The van der Waals surface area contributed by atoms with Gasteiger partial charge in [-0.2, -0.15) is 0 Å². The van der Waals surface area contributed by atoms with Crippen LogP contribution in [0.25, 0.3) is 10.9 Å². The second-order valence-corrected chi connectivity index (χ2v) is 7.50. The molecule has 1 amide bonds. The van der Waals surface area contributed by atoms with E-state index in [9.17, 15) is 4.79 Å². The fraction of sp³-hybridized carbons (Fsp3) is 0.273. The van der Waals surface area contributed by atoms with Crippen molar-refractivity contribution in [3.05, 3.63) is 65.7 Å². The Kier molecular flexibility index (Phi) is 5.94. The number of carbonyl (C=O) groups is 1.